The molecule has 5 heteroatoms. The summed E-state index contributed by atoms with van der Waals surface area (Å²) in [6, 6.07) is 13.2. The molecule has 0 saturated heterocycles. The summed E-state index contributed by atoms with van der Waals surface area (Å²) in [5, 5.41) is 2.67. The van der Waals surface area contributed by atoms with Gasteiger partial charge >= 0.3 is 0 Å². The van der Waals surface area contributed by atoms with Crippen LogP contribution in [0.5, 0.6) is 5.75 Å². The van der Waals surface area contributed by atoms with Crippen molar-refractivity contribution < 1.29 is 14.3 Å². The highest BCUT2D eigenvalue weighted by Gasteiger charge is 2.28. The monoisotopic (exact) mass is 382 g/mol. The second kappa shape index (κ2) is 9.93. The van der Waals surface area contributed by atoms with Crippen LogP contribution < -0.4 is 10.1 Å². The van der Waals surface area contributed by atoms with E-state index in [1.54, 1.807) is 11.9 Å². The summed E-state index contributed by atoms with van der Waals surface area (Å²) in [5.41, 5.74) is 4.26. The molecule has 0 unspecified atom stereocenters. The van der Waals surface area contributed by atoms with E-state index in [0.29, 0.717) is 18.7 Å². The van der Waals surface area contributed by atoms with Crippen LogP contribution >= 0.6 is 0 Å². The number of nitrogens with one attached hydrogen (secondary N) is 1. The zero-order valence-corrected chi connectivity index (χ0v) is 17.4. The molecule has 0 aromatic heterocycles. The average molecular weight is 383 g/mol. The molecule has 0 radical (unpaired) electrons. The van der Waals surface area contributed by atoms with Gasteiger partial charge in [0, 0.05) is 13.6 Å². The number of nitrogens with zero attached hydrogens (tertiary/aromatic N) is 1. The molecule has 0 aliphatic rings. The maximum Gasteiger partial charge on any atom is 0.261 e. The zero-order valence-electron chi connectivity index (χ0n) is 17.4. The van der Waals surface area contributed by atoms with Gasteiger partial charge in [0.25, 0.3) is 5.91 Å². The zero-order chi connectivity index (χ0) is 20.7. The number of amides is 2. The van der Waals surface area contributed by atoms with E-state index in [0.717, 1.165) is 22.3 Å². The van der Waals surface area contributed by atoms with Crippen molar-refractivity contribution in [2.75, 3.05) is 13.7 Å². The number of hydrogen-bond acceptors (Lipinski definition) is 3. The normalized spacial score (nSPS) is 11.6. The lowest BCUT2D eigenvalue weighted by atomic mass is 10.1. The Bertz CT molecular complexity index is 812. The minimum absolute atomic E-state index is 0.109. The molecule has 150 valence electrons. The van der Waals surface area contributed by atoms with Crippen LogP contribution in [-0.4, -0.2) is 36.4 Å². The highest BCUT2D eigenvalue weighted by atomic mass is 16.5. The van der Waals surface area contributed by atoms with Crippen molar-refractivity contribution in [3.8, 4) is 5.75 Å². The predicted octanol–water partition coefficient (Wildman–Crippen LogP) is 3.54. The van der Waals surface area contributed by atoms with Crippen LogP contribution in [-0.2, 0) is 16.1 Å². The molecule has 0 bridgehead atoms. The highest BCUT2D eigenvalue weighted by Crippen LogP contribution is 2.18. The minimum atomic E-state index is -0.542. The van der Waals surface area contributed by atoms with Crippen molar-refractivity contribution in [2.24, 2.45) is 0 Å². The maximum atomic E-state index is 13.0. The van der Waals surface area contributed by atoms with Crippen LogP contribution in [0.2, 0.25) is 0 Å². The molecule has 0 aliphatic carbocycles. The minimum Gasteiger partial charge on any atom is -0.484 e. The number of carbonyl (C=O) groups is 2. The summed E-state index contributed by atoms with van der Waals surface area (Å²) < 4.78 is 5.76. The first-order chi connectivity index (χ1) is 13.3. The number of hydrogen-bond donors (Lipinski definition) is 1. The number of rotatable bonds is 8. The fourth-order valence-electron chi connectivity index (χ4n) is 3.30. The Hall–Kier alpha value is -2.82. The van der Waals surface area contributed by atoms with Gasteiger partial charge in [-0.1, -0.05) is 37.3 Å². The smallest absolute Gasteiger partial charge is 0.261 e. The summed E-state index contributed by atoms with van der Waals surface area (Å²) in [6.45, 7) is 8.15. The van der Waals surface area contributed by atoms with Gasteiger partial charge in [-0.2, -0.15) is 0 Å². The van der Waals surface area contributed by atoms with Crippen LogP contribution in [0.15, 0.2) is 42.5 Å². The lowest BCUT2D eigenvalue weighted by Crippen LogP contribution is -2.49. The van der Waals surface area contributed by atoms with Gasteiger partial charge in [0.1, 0.15) is 11.8 Å². The van der Waals surface area contributed by atoms with Crippen molar-refractivity contribution in [3.05, 3.63) is 64.7 Å². The van der Waals surface area contributed by atoms with Crippen LogP contribution in [0.1, 0.15) is 35.6 Å². The van der Waals surface area contributed by atoms with Crippen LogP contribution in [0, 0.1) is 20.8 Å². The van der Waals surface area contributed by atoms with E-state index >= 15 is 0 Å². The van der Waals surface area contributed by atoms with Crippen molar-refractivity contribution in [1.82, 2.24) is 10.2 Å². The molecule has 2 aromatic rings. The second-order valence-corrected chi connectivity index (χ2v) is 7.10. The van der Waals surface area contributed by atoms with Gasteiger partial charge in [-0.15, -0.1) is 0 Å². The molecule has 1 N–H and O–H groups in total. The van der Waals surface area contributed by atoms with E-state index in [2.05, 4.69) is 11.4 Å². The van der Waals surface area contributed by atoms with Crippen molar-refractivity contribution in [3.63, 3.8) is 0 Å². The summed E-state index contributed by atoms with van der Waals surface area (Å²) in [5.74, 6) is 0.281. The van der Waals surface area contributed by atoms with Crippen molar-refractivity contribution in [1.29, 1.82) is 0 Å². The molecule has 28 heavy (non-hydrogen) atoms. The molecule has 0 aliphatic heterocycles. The summed E-state index contributed by atoms with van der Waals surface area (Å²) in [6.07, 6.45) is 0.529. The first-order valence-corrected chi connectivity index (χ1v) is 9.62. The van der Waals surface area contributed by atoms with E-state index in [9.17, 15) is 9.59 Å². The molecule has 0 saturated carbocycles. The number of aryl methyl sites for hydroxylation is 3. The molecule has 0 fully saturated rings. The summed E-state index contributed by atoms with van der Waals surface area (Å²) in [4.78, 5) is 27.0. The standard InChI is InChI=1S/C23H30N2O3/c1-6-21(23(27)24-5)25(14-19-10-8-7-9-18(19)4)22(26)15-28-20-12-16(2)11-17(3)13-20/h7-13,21H,6,14-15H2,1-5H3,(H,24,27)/t21-/m0/s1. The summed E-state index contributed by atoms with van der Waals surface area (Å²) in [7, 11) is 1.59. The molecule has 2 rings (SSSR count). The predicted molar refractivity (Wildman–Crippen MR) is 111 cm³/mol. The SMILES string of the molecule is CC[C@@H](C(=O)NC)N(Cc1ccccc1C)C(=O)COc1cc(C)cc(C)c1. The van der Waals surface area contributed by atoms with Crippen LogP contribution in [0.3, 0.4) is 0 Å². The van der Waals surface area contributed by atoms with Gasteiger partial charge in [-0.3, -0.25) is 9.59 Å². The van der Waals surface area contributed by atoms with Gasteiger partial charge < -0.3 is 15.0 Å². The fraction of sp³-hybridized carbons (Fsp3) is 0.391. The van der Waals surface area contributed by atoms with Crippen LogP contribution in [0.4, 0.5) is 0 Å². The first kappa shape index (κ1) is 21.5. The number of benzene rings is 2. The number of carbonyl (C=O) groups excluding carboxylic acids is 2. The first-order valence-electron chi connectivity index (χ1n) is 9.62. The van der Waals surface area contributed by atoms with Crippen molar-refractivity contribution in [2.45, 2.75) is 46.7 Å². The third-order valence-corrected chi connectivity index (χ3v) is 4.79. The van der Waals surface area contributed by atoms with E-state index in [4.69, 9.17) is 4.74 Å². The maximum absolute atomic E-state index is 13.0. The molecule has 0 spiro atoms. The van der Waals surface area contributed by atoms with E-state index in [-0.39, 0.29) is 18.4 Å². The highest BCUT2D eigenvalue weighted by molar-refractivity contribution is 5.88. The lowest BCUT2D eigenvalue weighted by molar-refractivity contribution is -0.142. The third kappa shape index (κ3) is 5.59. The molecule has 0 heterocycles. The summed E-state index contributed by atoms with van der Waals surface area (Å²) >= 11 is 0. The Balaban J connectivity index is 2.22. The Morgan fingerprint density at radius 1 is 1.07 bits per heavy atom. The van der Waals surface area contributed by atoms with E-state index < -0.39 is 6.04 Å². The Labute approximate surface area is 167 Å². The Morgan fingerprint density at radius 3 is 2.29 bits per heavy atom. The van der Waals surface area contributed by atoms with E-state index in [1.165, 1.54) is 0 Å². The second-order valence-electron chi connectivity index (χ2n) is 7.10. The van der Waals surface area contributed by atoms with Gasteiger partial charge in [0.2, 0.25) is 5.91 Å². The number of likely N-dealkylation sites (N-methyl/N-ethyl adjacent to an activating group) is 1. The van der Waals surface area contributed by atoms with Gasteiger partial charge in [0.05, 0.1) is 0 Å². The van der Waals surface area contributed by atoms with Crippen molar-refractivity contribution >= 4 is 11.8 Å². The van der Waals surface area contributed by atoms with E-state index in [1.807, 2.05) is 64.1 Å². The van der Waals surface area contributed by atoms with Gasteiger partial charge in [-0.25, -0.2) is 0 Å². The number of ether oxygens (including phenoxy) is 1. The molecule has 2 amide bonds. The van der Waals surface area contributed by atoms with Gasteiger partial charge in [0.15, 0.2) is 6.61 Å². The Kier molecular flexibility index (Phi) is 7.61. The quantitative estimate of drug-likeness (QED) is 0.760. The third-order valence-electron chi connectivity index (χ3n) is 4.79. The molecular weight excluding hydrogens is 352 g/mol. The molecule has 2 aromatic carbocycles. The van der Waals surface area contributed by atoms with Crippen LogP contribution in [0.25, 0.3) is 0 Å². The molecule has 5 nitrogen and oxygen atoms in total. The Morgan fingerprint density at radius 2 is 1.71 bits per heavy atom. The van der Waals surface area contributed by atoms with Gasteiger partial charge in [-0.05, 0) is 61.6 Å². The average Bonchev–Trinajstić information content (AvgIpc) is 2.66. The topological polar surface area (TPSA) is 58.6 Å². The molecular formula is C23H30N2O3. The lowest BCUT2D eigenvalue weighted by Gasteiger charge is -2.30. The largest absolute Gasteiger partial charge is 0.484 e. The fourth-order valence-corrected chi connectivity index (χ4v) is 3.30. The molecule has 1 atom stereocenters.